The van der Waals surface area contributed by atoms with Gasteiger partial charge in [0.1, 0.15) is 6.54 Å². The van der Waals surface area contributed by atoms with Gasteiger partial charge in [0.2, 0.25) is 5.91 Å². The van der Waals surface area contributed by atoms with Crippen molar-refractivity contribution in [3.8, 4) is 0 Å². The second kappa shape index (κ2) is 9.86. The van der Waals surface area contributed by atoms with E-state index >= 15 is 0 Å². The van der Waals surface area contributed by atoms with Gasteiger partial charge >= 0.3 is 6.18 Å². The maximum absolute atomic E-state index is 12.8. The fourth-order valence-electron chi connectivity index (χ4n) is 2.60. The molecular formula is C16H23ClF3N3O. The SMILES string of the molecule is Cl.O=C(CN1CCCNCC1)N(Cc1ccccc1)CC(F)(F)F. The number of nitrogens with one attached hydrogen (secondary N) is 1. The molecule has 1 amide bonds. The molecule has 0 saturated carbocycles. The van der Waals surface area contributed by atoms with E-state index in [1.165, 1.54) is 0 Å². The number of carbonyl (C=O) groups is 1. The minimum absolute atomic E-state index is 0. The summed E-state index contributed by atoms with van der Waals surface area (Å²) in [6.45, 7) is 1.83. The molecule has 0 unspecified atom stereocenters. The van der Waals surface area contributed by atoms with E-state index in [4.69, 9.17) is 0 Å². The van der Waals surface area contributed by atoms with E-state index in [1.807, 2.05) is 4.90 Å². The molecule has 1 N–H and O–H groups in total. The number of hydrogen-bond acceptors (Lipinski definition) is 3. The Bertz CT molecular complexity index is 491. The van der Waals surface area contributed by atoms with E-state index in [-0.39, 0.29) is 25.5 Å². The molecule has 4 nitrogen and oxygen atoms in total. The summed E-state index contributed by atoms with van der Waals surface area (Å²) in [4.78, 5) is 15.2. The molecule has 136 valence electrons. The van der Waals surface area contributed by atoms with Crippen LogP contribution >= 0.6 is 12.4 Å². The molecule has 1 aliphatic rings. The maximum Gasteiger partial charge on any atom is 0.406 e. The largest absolute Gasteiger partial charge is 0.406 e. The van der Waals surface area contributed by atoms with Gasteiger partial charge in [-0.1, -0.05) is 30.3 Å². The molecule has 0 aromatic heterocycles. The second-order valence-electron chi connectivity index (χ2n) is 5.73. The topological polar surface area (TPSA) is 35.6 Å². The van der Waals surface area contributed by atoms with Crippen LogP contribution in [0.3, 0.4) is 0 Å². The summed E-state index contributed by atoms with van der Waals surface area (Å²) >= 11 is 0. The van der Waals surface area contributed by atoms with Crippen molar-refractivity contribution < 1.29 is 18.0 Å². The van der Waals surface area contributed by atoms with Gasteiger partial charge in [-0.05, 0) is 25.1 Å². The van der Waals surface area contributed by atoms with Gasteiger partial charge in [-0.2, -0.15) is 13.2 Å². The van der Waals surface area contributed by atoms with Crippen molar-refractivity contribution in [1.82, 2.24) is 15.1 Å². The lowest BCUT2D eigenvalue weighted by Gasteiger charge is -2.27. The summed E-state index contributed by atoms with van der Waals surface area (Å²) in [6, 6.07) is 8.76. The molecular weight excluding hydrogens is 343 g/mol. The smallest absolute Gasteiger partial charge is 0.328 e. The number of rotatable bonds is 5. The Hall–Kier alpha value is -1.31. The van der Waals surface area contributed by atoms with Crippen molar-refractivity contribution in [2.24, 2.45) is 0 Å². The molecule has 8 heteroatoms. The lowest BCUT2D eigenvalue weighted by atomic mass is 10.2. The number of amides is 1. The van der Waals surface area contributed by atoms with E-state index in [2.05, 4.69) is 5.32 Å². The van der Waals surface area contributed by atoms with Crippen LogP contribution in [-0.4, -0.2) is 61.2 Å². The molecule has 1 aromatic rings. The molecule has 0 bridgehead atoms. The fraction of sp³-hybridized carbons (Fsp3) is 0.562. The van der Waals surface area contributed by atoms with Crippen molar-refractivity contribution in [3.05, 3.63) is 35.9 Å². The highest BCUT2D eigenvalue weighted by molar-refractivity contribution is 5.85. The molecule has 0 atom stereocenters. The molecule has 1 heterocycles. The highest BCUT2D eigenvalue weighted by atomic mass is 35.5. The molecule has 1 fully saturated rings. The first-order valence-corrected chi connectivity index (χ1v) is 7.75. The second-order valence-corrected chi connectivity index (χ2v) is 5.73. The Morgan fingerprint density at radius 1 is 1.17 bits per heavy atom. The van der Waals surface area contributed by atoms with Gasteiger partial charge in [0, 0.05) is 19.6 Å². The first kappa shape index (κ1) is 20.7. The highest BCUT2D eigenvalue weighted by Gasteiger charge is 2.33. The van der Waals surface area contributed by atoms with Crippen molar-refractivity contribution in [2.45, 2.75) is 19.1 Å². The maximum atomic E-state index is 12.8. The summed E-state index contributed by atoms with van der Waals surface area (Å²) in [5, 5.41) is 3.21. The number of benzene rings is 1. The number of alkyl halides is 3. The lowest BCUT2D eigenvalue weighted by molar-refractivity contribution is -0.163. The summed E-state index contributed by atoms with van der Waals surface area (Å²) in [5.74, 6) is -0.479. The molecule has 1 saturated heterocycles. The number of carbonyl (C=O) groups excluding carboxylic acids is 1. The van der Waals surface area contributed by atoms with E-state index < -0.39 is 18.6 Å². The molecule has 0 spiro atoms. The van der Waals surface area contributed by atoms with Crippen molar-refractivity contribution in [1.29, 1.82) is 0 Å². The third-order valence-electron chi connectivity index (χ3n) is 3.73. The van der Waals surface area contributed by atoms with Crippen LogP contribution in [0.5, 0.6) is 0 Å². The molecule has 0 aliphatic carbocycles. The van der Waals surface area contributed by atoms with Gasteiger partial charge < -0.3 is 10.2 Å². The predicted molar refractivity (Wildman–Crippen MR) is 89.1 cm³/mol. The number of nitrogens with zero attached hydrogens (tertiary/aromatic N) is 2. The quantitative estimate of drug-likeness (QED) is 0.869. The zero-order valence-corrected chi connectivity index (χ0v) is 14.2. The zero-order chi connectivity index (χ0) is 16.7. The molecule has 24 heavy (non-hydrogen) atoms. The van der Waals surface area contributed by atoms with Crippen molar-refractivity contribution in [2.75, 3.05) is 39.3 Å². The first-order valence-electron chi connectivity index (χ1n) is 7.75. The molecule has 1 aliphatic heterocycles. The summed E-state index contributed by atoms with van der Waals surface area (Å²) in [7, 11) is 0. The molecule has 2 rings (SSSR count). The Morgan fingerprint density at radius 3 is 2.54 bits per heavy atom. The third-order valence-corrected chi connectivity index (χ3v) is 3.73. The van der Waals surface area contributed by atoms with Gasteiger partial charge in [0.25, 0.3) is 0 Å². The van der Waals surface area contributed by atoms with Crippen LogP contribution in [0.4, 0.5) is 13.2 Å². The third kappa shape index (κ3) is 7.51. The predicted octanol–water partition coefficient (Wildman–Crippen LogP) is 2.29. The van der Waals surface area contributed by atoms with Crippen LogP contribution in [0.1, 0.15) is 12.0 Å². The van der Waals surface area contributed by atoms with Crippen molar-refractivity contribution in [3.63, 3.8) is 0 Å². The fourth-order valence-corrected chi connectivity index (χ4v) is 2.60. The van der Waals surface area contributed by atoms with Crippen LogP contribution in [0, 0.1) is 0 Å². The highest BCUT2D eigenvalue weighted by Crippen LogP contribution is 2.18. The van der Waals surface area contributed by atoms with Crippen LogP contribution in [0.15, 0.2) is 30.3 Å². The minimum Gasteiger partial charge on any atom is -0.328 e. The average molecular weight is 366 g/mol. The van der Waals surface area contributed by atoms with E-state index in [1.54, 1.807) is 30.3 Å². The number of hydrogen-bond donors (Lipinski definition) is 1. The monoisotopic (exact) mass is 365 g/mol. The summed E-state index contributed by atoms with van der Waals surface area (Å²) < 4.78 is 38.4. The van der Waals surface area contributed by atoms with Gasteiger partial charge in [-0.3, -0.25) is 9.69 Å². The van der Waals surface area contributed by atoms with E-state index in [0.29, 0.717) is 12.1 Å². The number of halogens is 4. The standard InChI is InChI=1S/C16H22F3N3O.ClH/c17-16(18,19)13-22(11-14-5-2-1-3-6-14)15(23)12-21-9-4-7-20-8-10-21;/h1-3,5-6,20H,4,7-13H2;1H. The van der Waals surface area contributed by atoms with Crippen LogP contribution in [0.25, 0.3) is 0 Å². The Morgan fingerprint density at radius 2 is 1.88 bits per heavy atom. The zero-order valence-electron chi connectivity index (χ0n) is 13.4. The van der Waals surface area contributed by atoms with Gasteiger partial charge in [0.05, 0.1) is 6.54 Å². The minimum atomic E-state index is -4.40. The molecule has 0 radical (unpaired) electrons. The molecule has 1 aromatic carbocycles. The Labute approximate surface area is 146 Å². The Kier molecular flexibility index (Phi) is 8.52. The average Bonchev–Trinajstić information content (AvgIpc) is 2.75. The van der Waals surface area contributed by atoms with Gasteiger partial charge in [-0.25, -0.2) is 0 Å². The first-order chi connectivity index (χ1) is 10.9. The van der Waals surface area contributed by atoms with Gasteiger partial charge in [-0.15, -0.1) is 12.4 Å². The Balaban J connectivity index is 0.00000288. The van der Waals surface area contributed by atoms with E-state index in [9.17, 15) is 18.0 Å². The van der Waals surface area contributed by atoms with Gasteiger partial charge in [0.15, 0.2) is 0 Å². The van der Waals surface area contributed by atoms with Crippen molar-refractivity contribution >= 4 is 18.3 Å². The summed E-state index contributed by atoms with van der Waals surface area (Å²) in [5.41, 5.74) is 0.697. The normalized spacial score (nSPS) is 16.1. The van der Waals surface area contributed by atoms with Crippen LogP contribution < -0.4 is 5.32 Å². The van der Waals surface area contributed by atoms with E-state index in [0.717, 1.165) is 31.0 Å². The summed E-state index contributed by atoms with van der Waals surface area (Å²) in [6.07, 6.45) is -3.50. The van der Waals surface area contributed by atoms with Crippen LogP contribution in [0.2, 0.25) is 0 Å². The lowest BCUT2D eigenvalue weighted by Crippen LogP contribution is -2.44. The van der Waals surface area contributed by atoms with Crippen LogP contribution in [-0.2, 0) is 11.3 Å².